The summed E-state index contributed by atoms with van der Waals surface area (Å²) >= 11 is 0. The second kappa shape index (κ2) is 9.33. The maximum Gasteiger partial charge on any atom is 0.236 e. The summed E-state index contributed by atoms with van der Waals surface area (Å²) in [5.74, 6) is 0.675. The molecule has 0 saturated carbocycles. The maximum atomic E-state index is 13.0. The monoisotopic (exact) mass is 400 g/mol. The number of aromatic nitrogens is 1. The zero-order valence-electron chi connectivity index (χ0n) is 17.9. The van der Waals surface area contributed by atoms with Crippen LogP contribution in [0.1, 0.15) is 63.1 Å². The van der Waals surface area contributed by atoms with Crippen LogP contribution in [-0.2, 0) is 16.6 Å². The van der Waals surface area contributed by atoms with E-state index in [-0.39, 0.29) is 11.8 Å². The number of likely N-dealkylation sites (tertiary alicyclic amines) is 3. The normalized spacial score (nSPS) is 24.7. The van der Waals surface area contributed by atoms with Crippen molar-refractivity contribution in [3.05, 3.63) is 24.0 Å². The smallest absolute Gasteiger partial charge is 0.236 e. The molecular formula is C23H36N4O2. The molecule has 3 aliphatic rings. The lowest BCUT2D eigenvalue weighted by Crippen LogP contribution is -2.47. The van der Waals surface area contributed by atoms with Gasteiger partial charge in [0, 0.05) is 51.0 Å². The van der Waals surface area contributed by atoms with Crippen molar-refractivity contribution in [2.75, 3.05) is 39.3 Å². The van der Waals surface area contributed by atoms with Gasteiger partial charge in [-0.05, 0) is 57.2 Å². The van der Waals surface area contributed by atoms with Crippen molar-refractivity contribution < 1.29 is 9.59 Å². The molecule has 0 radical (unpaired) electrons. The molecule has 1 unspecified atom stereocenters. The quantitative estimate of drug-likeness (QED) is 0.781. The summed E-state index contributed by atoms with van der Waals surface area (Å²) in [6.45, 7) is 4.80. The van der Waals surface area contributed by atoms with E-state index in [1.165, 1.54) is 18.5 Å². The molecular weight excluding hydrogens is 364 g/mol. The molecule has 0 N–H and O–H groups in total. The van der Waals surface area contributed by atoms with E-state index in [9.17, 15) is 9.59 Å². The van der Waals surface area contributed by atoms with Crippen molar-refractivity contribution in [2.45, 2.75) is 57.4 Å². The Bertz CT molecular complexity index is 699. The molecule has 6 nitrogen and oxygen atoms in total. The van der Waals surface area contributed by atoms with E-state index in [2.05, 4.69) is 39.7 Å². The summed E-state index contributed by atoms with van der Waals surface area (Å²) in [6, 6.07) is 4.61. The lowest BCUT2D eigenvalue weighted by molar-refractivity contribution is -0.141. The first kappa shape index (κ1) is 20.5. The van der Waals surface area contributed by atoms with E-state index in [0.29, 0.717) is 18.5 Å². The fraction of sp³-hybridized carbons (Fsp3) is 0.739. The van der Waals surface area contributed by atoms with Gasteiger partial charge in [0.05, 0.1) is 12.6 Å². The fourth-order valence-corrected chi connectivity index (χ4v) is 5.37. The summed E-state index contributed by atoms with van der Waals surface area (Å²) < 4.78 is 2.17. The van der Waals surface area contributed by atoms with Crippen LogP contribution in [0.2, 0.25) is 0 Å². The van der Waals surface area contributed by atoms with Gasteiger partial charge in [0.2, 0.25) is 11.8 Å². The zero-order chi connectivity index (χ0) is 20.2. The Balaban J connectivity index is 1.28. The van der Waals surface area contributed by atoms with Crippen LogP contribution in [0.3, 0.4) is 0 Å². The molecule has 4 heterocycles. The summed E-state index contributed by atoms with van der Waals surface area (Å²) in [7, 11) is 2.08. The summed E-state index contributed by atoms with van der Waals surface area (Å²) in [4.78, 5) is 32.3. The number of aryl methyl sites for hydroxylation is 1. The van der Waals surface area contributed by atoms with Crippen molar-refractivity contribution >= 4 is 11.8 Å². The van der Waals surface area contributed by atoms with E-state index < -0.39 is 0 Å². The third kappa shape index (κ3) is 4.68. The predicted octanol–water partition coefficient (Wildman–Crippen LogP) is 2.80. The molecule has 3 aliphatic heterocycles. The van der Waals surface area contributed by atoms with Gasteiger partial charge in [-0.15, -0.1) is 0 Å². The minimum absolute atomic E-state index is 0.111. The van der Waals surface area contributed by atoms with E-state index >= 15 is 0 Å². The topological polar surface area (TPSA) is 48.8 Å². The van der Waals surface area contributed by atoms with Crippen molar-refractivity contribution in [1.82, 2.24) is 19.3 Å². The average Bonchev–Trinajstić information content (AvgIpc) is 3.26. The molecule has 1 aromatic heterocycles. The first-order chi connectivity index (χ1) is 14.1. The van der Waals surface area contributed by atoms with Crippen molar-refractivity contribution in [3.63, 3.8) is 0 Å². The molecule has 0 aliphatic carbocycles. The Kier molecular flexibility index (Phi) is 6.58. The molecule has 1 aromatic rings. The van der Waals surface area contributed by atoms with E-state index in [4.69, 9.17) is 0 Å². The molecule has 0 spiro atoms. The number of rotatable bonds is 4. The number of hydrogen-bond acceptors (Lipinski definition) is 3. The lowest BCUT2D eigenvalue weighted by Gasteiger charge is -2.35. The number of piperidine rings is 1. The predicted molar refractivity (Wildman–Crippen MR) is 113 cm³/mol. The van der Waals surface area contributed by atoms with Gasteiger partial charge < -0.3 is 14.4 Å². The number of amides is 2. The molecule has 2 amide bonds. The van der Waals surface area contributed by atoms with Crippen LogP contribution in [0, 0.1) is 5.92 Å². The van der Waals surface area contributed by atoms with Crippen LogP contribution in [0.15, 0.2) is 18.3 Å². The highest BCUT2D eigenvalue weighted by Crippen LogP contribution is 2.32. The van der Waals surface area contributed by atoms with Crippen LogP contribution in [-0.4, -0.2) is 70.3 Å². The van der Waals surface area contributed by atoms with Gasteiger partial charge in [-0.1, -0.05) is 12.8 Å². The Morgan fingerprint density at radius 2 is 1.62 bits per heavy atom. The highest BCUT2D eigenvalue weighted by Gasteiger charge is 2.33. The largest absolute Gasteiger partial charge is 0.353 e. The van der Waals surface area contributed by atoms with Crippen molar-refractivity contribution in [1.29, 1.82) is 0 Å². The summed E-state index contributed by atoms with van der Waals surface area (Å²) in [6.07, 6.45) is 10.8. The second-order valence-electron chi connectivity index (χ2n) is 9.07. The molecule has 3 fully saturated rings. The number of carbonyl (C=O) groups is 2. The maximum absolute atomic E-state index is 13.0. The van der Waals surface area contributed by atoms with Gasteiger partial charge in [0.1, 0.15) is 0 Å². The first-order valence-corrected chi connectivity index (χ1v) is 11.6. The molecule has 1 atom stereocenters. The van der Waals surface area contributed by atoms with Crippen molar-refractivity contribution in [3.8, 4) is 0 Å². The molecule has 4 rings (SSSR count). The highest BCUT2D eigenvalue weighted by atomic mass is 16.2. The molecule has 29 heavy (non-hydrogen) atoms. The summed E-state index contributed by atoms with van der Waals surface area (Å²) in [5.41, 5.74) is 1.30. The van der Waals surface area contributed by atoms with Crippen LogP contribution in [0.4, 0.5) is 0 Å². The Morgan fingerprint density at radius 3 is 2.28 bits per heavy atom. The minimum Gasteiger partial charge on any atom is -0.353 e. The number of carbonyl (C=O) groups excluding carboxylic acids is 2. The molecule has 0 aromatic carbocycles. The molecule has 3 saturated heterocycles. The van der Waals surface area contributed by atoms with Crippen LogP contribution < -0.4 is 0 Å². The standard InChI is InChI=1S/C23H36N4O2/c1-24-12-6-8-20(24)21-9-7-15-27(21)18-22(28)25-16-10-19(11-17-25)23(29)26-13-4-2-3-5-14-26/h6,8,12,19,21H,2-5,7,9-11,13-18H2,1H3. The molecule has 160 valence electrons. The van der Waals surface area contributed by atoms with Crippen LogP contribution in [0.5, 0.6) is 0 Å². The first-order valence-electron chi connectivity index (χ1n) is 11.6. The second-order valence-corrected chi connectivity index (χ2v) is 9.07. The minimum atomic E-state index is 0.111. The summed E-state index contributed by atoms with van der Waals surface area (Å²) in [5, 5.41) is 0. The number of hydrogen-bond donors (Lipinski definition) is 0. The van der Waals surface area contributed by atoms with E-state index in [0.717, 1.165) is 71.2 Å². The van der Waals surface area contributed by atoms with Gasteiger partial charge in [-0.25, -0.2) is 0 Å². The SMILES string of the molecule is Cn1cccc1C1CCCN1CC(=O)N1CCC(C(=O)N2CCCCCC2)CC1. The van der Waals surface area contributed by atoms with Gasteiger partial charge in [0.15, 0.2) is 0 Å². The van der Waals surface area contributed by atoms with Crippen LogP contribution >= 0.6 is 0 Å². The number of nitrogens with zero attached hydrogens (tertiary/aromatic N) is 4. The van der Waals surface area contributed by atoms with Gasteiger partial charge >= 0.3 is 0 Å². The zero-order valence-corrected chi connectivity index (χ0v) is 17.9. The Morgan fingerprint density at radius 1 is 0.897 bits per heavy atom. The van der Waals surface area contributed by atoms with Gasteiger partial charge in [0.25, 0.3) is 0 Å². The van der Waals surface area contributed by atoms with Gasteiger partial charge in [-0.3, -0.25) is 14.5 Å². The Labute approximate surface area is 174 Å². The van der Waals surface area contributed by atoms with E-state index in [1.807, 2.05) is 4.90 Å². The third-order valence-corrected chi connectivity index (χ3v) is 7.14. The van der Waals surface area contributed by atoms with Crippen molar-refractivity contribution in [2.24, 2.45) is 13.0 Å². The van der Waals surface area contributed by atoms with Gasteiger partial charge in [-0.2, -0.15) is 0 Å². The van der Waals surface area contributed by atoms with E-state index in [1.54, 1.807) is 0 Å². The fourth-order valence-electron chi connectivity index (χ4n) is 5.37. The highest BCUT2D eigenvalue weighted by molar-refractivity contribution is 5.81. The Hall–Kier alpha value is -1.82. The third-order valence-electron chi connectivity index (χ3n) is 7.14. The molecule has 0 bridgehead atoms. The lowest BCUT2D eigenvalue weighted by atomic mass is 9.95. The molecule has 6 heteroatoms. The average molecular weight is 401 g/mol. The van der Waals surface area contributed by atoms with Crippen LogP contribution in [0.25, 0.3) is 0 Å².